The van der Waals surface area contributed by atoms with Crippen molar-refractivity contribution in [2.75, 3.05) is 36.4 Å². The maximum absolute atomic E-state index is 13.9. The fraction of sp³-hybridized carbons (Fsp3) is 0.560. The molecule has 0 spiro atoms. The van der Waals surface area contributed by atoms with Crippen LogP contribution in [0.5, 0.6) is 0 Å². The minimum Gasteiger partial charge on any atom is -0.465 e. The molecule has 12 heteroatoms. The summed E-state index contributed by atoms with van der Waals surface area (Å²) in [5.41, 5.74) is 0.0875. The standard InChI is InChI=1S/C25H35N9O3/c1-17-16-19(29-28-17)26-20-18-8-7-11-33(18)30-22(27-20)32-14-12-31(13-15-32)21(35)25(9-5-6-10-25)34(23(36)37)24(2,3)4/h7-8,11,16H,5-6,9-10,12-15H2,1-4H3,(H,36,37)(H2,26,27,28,29,30). The molecule has 3 N–H and O–H groups in total. The van der Waals surface area contributed by atoms with E-state index in [0.29, 0.717) is 56.6 Å². The lowest BCUT2D eigenvalue weighted by atomic mass is 9.88. The van der Waals surface area contributed by atoms with Gasteiger partial charge in [0.15, 0.2) is 11.6 Å². The highest BCUT2D eigenvalue weighted by atomic mass is 16.4. The van der Waals surface area contributed by atoms with Gasteiger partial charge >= 0.3 is 6.09 Å². The molecule has 1 saturated heterocycles. The number of carboxylic acid groups (broad SMARTS) is 1. The molecule has 5 rings (SSSR count). The highest BCUT2D eigenvalue weighted by molar-refractivity contribution is 5.90. The lowest BCUT2D eigenvalue weighted by molar-refractivity contribution is -0.147. The Labute approximate surface area is 215 Å². The summed E-state index contributed by atoms with van der Waals surface area (Å²) >= 11 is 0. The van der Waals surface area contributed by atoms with E-state index in [9.17, 15) is 14.7 Å². The van der Waals surface area contributed by atoms with Crippen molar-refractivity contribution in [3.05, 3.63) is 30.1 Å². The van der Waals surface area contributed by atoms with Crippen molar-refractivity contribution in [2.45, 2.75) is 64.5 Å². The van der Waals surface area contributed by atoms with Gasteiger partial charge in [0, 0.05) is 49.7 Å². The molecule has 3 aromatic rings. The van der Waals surface area contributed by atoms with Crippen LogP contribution in [0.1, 0.15) is 52.1 Å². The molecule has 12 nitrogen and oxygen atoms in total. The third-order valence-electron chi connectivity index (χ3n) is 7.30. The predicted octanol–water partition coefficient (Wildman–Crippen LogP) is 3.24. The number of H-pyrrole nitrogens is 1. The lowest BCUT2D eigenvalue weighted by Crippen LogP contribution is -2.66. The summed E-state index contributed by atoms with van der Waals surface area (Å²) in [6.07, 6.45) is 3.65. The van der Waals surface area contributed by atoms with Gasteiger partial charge in [0.2, 0.25) is 11.9 Å². The second-order valence-electron chi connectivity index (χ2n) is 11.0. The first-order valence-corrected chi connectivity index (χ1v) is 12.8. The second-order valence-corrected chi connectivity index (χ2v) is 11.0. The number of aryl methyl sites for hydroxylation is 1. The van der Waals surface area contributed by atoms with E-state index in [4.69, 9.17) is 4.98 Å². The quantitative estimate of drug-likeness (QED) is 0.477. The van der Waals surface area contributed by atoms with Crippen LogP contribution < -0.4 is 10.2 Å². The molecule has 2 aliphatic rings. The van der Waals surface area contributed by atoms with E-state index in [1.54, 1.807) is 4.52 Å². The molecule has 0 unspecified atom stereocenters. The van der Waals surface area contributed by atoms with Crippen molar-refractivity contribution >= 4 is 35.1 Å². The molecule has 0 atom stereocenters. The van der Waals surface area contributed by atoms with E-state index in [0.717, 1.165) is 24.1 Å². The van der Waals surface area contributed by atoms with Gasteiger partial charge in [-0.3, -0.25) is 14.8 Å². The number of amides is 2. The summed E-state index contributed by atoms with van der Waals surface area (Å²) in [7, 11) is 0. The molecule has 3 aromatic heterocycles. The Bertz CT molecular complexity index is 1290. The van der Waals surface area contributed by atoms with Crippen LogP contribution >= 0.6 is 0 Å². The Balaban J connectivity index is 1.35. The van der Waals surface area contributed by atoms with E-state index >= 15 is 0 Å². The monoisotopic (exact) mass is 509 g/mol. The zero-order valence-corrected chi connectivity index (χ0v) is 21.9. The molecule has 37 heavy (non-hydrogen) atoms. The van der Waals surface area contributed by atoms with Gasteiger partial charge in [-0.25, -0.2) is 9.31 Å². The molecule has 0 radical (unpaired) electrons. The first-order valence-electron chi connectivity index (χ1n) is 12.8. The topological polar surface area (TPSA) is 135 Å². The number of nitrogens with zero attached hydrogens (tertiary/aromatic N) is 7. The van der Waals surface area contributed by atoms with Crippen LogP contribution in [0.4, 0.5) is 22.4 Å². The number of aromatic amines is 1. The van der Waals surface area contributed by atoms with E-state index in [1.807, 2.05) is 57.0 Å². The van der Waals surface area contributed by atoms with Crippen molar-refractivity contribution in [2.24, 2.45) is 0 Å². The van der Waals surface area contributed by atoms with Crippen LogP contribution in [0.2, 0.25) is 0 Å². The lowest BCUT2D eigenvalue weighted by Gasteiger charge is -2.48. The van der Waals surface area contributed by atoms with Crippen LogP contribution in [-0.4, -0.2) is 89.0 Å². The molecule has 0 bridgehead atoms. The van der Waals surface area contributed by atoms with Crippen LogP contribution in [0.25, 0.3) is 5.52 Å². The average molecular weight is 510 g/mol. The largest absolute Gasteiger partial charge is 0.465 e. The van der Waals surface area contributed by atoms with Gasteiger partial charge in [0.1, 0.15) is 11.1 Å². The molecule has 198 valence electrons. The summed E-state index contributed by atoms with van der Waals surface area (Å²) < 4.78 is 1.78. The summed E-state index contributed by atoms with van der Waals surface area (Å²) in [4.78, 5) is 36.3. The van der Waals surface area contributed by atoms with Gasteiger partial charge < -0.3 is 20.2 Å². The van der Waals surface area contributed by atoms with Gasteiger partial charge in [-0.1, -0.05) is 12.8 Å². The van der Waals surface area contributed by atoms with Crippen molar-refractivity contribution in [3.63, 3.8) is 0 Å². The predicted molar refractivity (Wildman–Crippen MR) is 139 cm³/mol. The number of fused-ring (bicyclic) bond motifs is 1. The van der Waals surface area contributed by atoms with E-state index in [2.05, 4.69) is 25.5 Å². The fourth-order valence-corrected chi connectivity index (χ4v) is 5.76. The van der Waals surface area contributed by atoms with Gasteiger partial charge in [-0.2, -0.15) is 10.1 Å². The van der Waals surface area contributed by atoms with Gasteiger partial charge in [-0.05, 0) is 52.7 Å². The Morgan fingerprint density at radius 1 is 1.16 bits per heavy atom. The number of rotatable bonds is 5. The zero-order chi connectivity index (χ0) is 26.4. The van der Waals surface area contributed by atoms with Crippen LogP contribution in [0, 0.1) is 6.92 Å². The van der Waals surface area contributed by atoms with Gasteiger partial charge in [0.25, 0.3) is 0 Å². The summed E-state index contributed by atoms with van der Waals surface area (Å²) in [5.74, 6) is 1.79. The molecule has 2 amide bonds. The van der Waals surface area contributed by atoms with Crippen molar-refractivity contribution in [1.29, 1.82) is 0 Å². The van der Waals surface area contributed by atoms with Crippen LogP contribution in [-0.2, 0) is 4.79 Å². The van der Waals surface area contributed by atoms with Gasteiger partial charge in [-0.15, -0.1) is 5.10 Å². The molecule has 1 aliphatic heterocycles. The number of hydrogen-bond acceptors (Lipinski definition) is 7. The van der Waals surface area contributed by atoms with Crippen molar-refractivity contribution in [1.82, 2.24) is 34.6 Å². The number of nitrogens with one attached hydrogen (secondary N) is 2. The van der Waals surface area contributed by atoms with E-state index in [-0.39, 0.29) is 5.91 Å². The number of aromatic nitrogens is 5. The SMILES string of the molecule is Cc1cc(Nc2nc(N3CCN(C(=O)C4(N(C(=O)O)C(C)(C)C)CCCC4)CC3)nn3cccc23)n[nH]1. The molecule has 4 heterocycles. The number of carbonyl (C=O) groups excluding carboxylic acids is 1. The number of piperazine rings is 1. The highest BCUT2D eigenvalue weighted by Gasteiger charge is 2.54. The Morgan fingerprint density at radius 3 is 2.46 bits per heavy atom. The summed E-state index contributed by atoms with van der Waals surface area (Å²) in [6, 6.07) is 5.75. The zero-order valence-electron chi connectivity index (χ0n) is 21.9. The van der Waals surface area contributed by atoms with Crippen LogP contribution in [0.3, 0.4) is 0 Å². The fourth-order valence-electron chi connectivity index (χ4n) is 5.76. The Morgan fingerprint density at radius 2 is 1.86 bits per heavy atom. The number of carbonyl (C=O) groups is 2. The van der Waals surface area contributed by atoms with E-state index < -0.39 is 17.2 Å². The molecular weight excluding hydrogens is 474 g/mol. The number of hydrogen-bond donors (Lipinski definition) is 3. The van der Waals surface area contributed by atoms with Crippen LogP contribution in [0.15, 0.2) is 24.4 Å². The normalized spacial score (nSPS) is 17.8. The molecule has 1 aliphatic carbocycles. The van der Waals surface area contributed by atoms with Crippen molar-refractivity contribution in [3.8, 4) is 0 Å². The van der Waals surface area contributed by atoms with E-state index in [1.165, 1.54) is 4.90 Å². The molecule has 1 saturated carbocycles. The average Bonchev–Trinajstić information content (AvgIpc) is 3.59. The summed E-state index contributed by atoms with van der Waals surface area (Å²) in [6.45, 7) is 9.57. The minimum absolute atomic E-state index is 0.0833. The maximum Gasteiger partial charge on any atom is 0.408 e. The third kappa shape index (κ3) is 4.56. The van der Waals surface area contributed by atoms with Crippen molar-refractivity contribution < 1.29 is 14.7 Å². The molecule has 0 aromatic carbocycles. The first kappa shape index (κ1) is 24.8. The highest BCUT2D eigenvalue weighted by Crippen LogP contribution is 2.41. The Kier molecular flexibility index (Phi) is 6.20. The maximum atomic E-state index is 13.9. The third-order valence-corrected chi connectivity index (χ3v) is 7.30. The first-order chi connectivity index (χ1) is 17.6. The second kappa shape index (κ2) is 9.24. The molecule has 2 fully saturated rings. The number of anilines is 3. The minimum atomic E-state index is -1.04. The summed E-state index contributed by atoms with van der Waals surface area (Å²) in [5, 5.41) is 25.2. The molecular formula is C25H35N9O3. The van der Waals surface area contributed by atoms with Gasteiger partial charge in [0.05, 0.1) is 0 Å². The smallest absolute Gasteiger partial charge is 0.408 e. The Hall–Kier alpha value is -3.83.